The van der Waals surface area contributed by atoms with Crippen LogP contribution in [-0.2, 0) is 4.79 Å². The number of pyridine rings is 1. The Kier molecular flexibility index (Phi) is 7.79. The van der Waals surface area contributed by atoms with Gasteiger partial charge in [0.15, 0.2) is 0 Å². The number of carbonyl (C=O) groups is 1. The smallest absolute Gasteiger partial charge is 0.141 e. The number of nitrogens with one attached hydrogen (secondary N) is 1. The minimum absolute atomic E-state index is 0. The molecular weight excluding hydrogens is 345 g/mol. The summed E-state index contributed by atoms with van der Waals surface area (Å²) in [6.07, 6.45) is 6.82. The lowest BCUT2D eigenvalue weighted by Crippen LogP contribution is -3.15. The Hall–Kier alpha value is -0.840. The molecule has 2 fully saturated rings. The quantitative estimate of drug-likeness (QED) is 0.673. The first-order valence-electron chi connectivity index (χ1n) is 8.96. The molecule has 1 saturated carbocycles. The molecular formula is C18H27Cl2N3O. The second-order valence-corrected chi connectivity index (χ2v) is 7.24. The largest absolute Gasteiger partial charge is 1.00 e. The molecule has 1 saturated heterocycles. The molecule has 0 aromatic carbocycles. The zero-order valence-corrected chi connectivity index (χ0v) is 15.7. The van der Waals surface area contributed by atoms with Crippen LogP contribution in [0.2, 0.25) is 5.15 Å². The molecule has 4 nitrogen and oxygen atoms in total. The predicted octanol–water partition coefficient (Wildman–Crippen LogP) is -1.02. The molecule has 2 aliphatic rings. The van der Waals surface area contributed by atoms with Crippen molar-refractivity contribution in [3.63, 3.8) is 0 Å². The summed E-state index contributed by atoms with van der Waals surface area (Å²) in [7, 11) is 0. The molecule has 6 heteroatoms. The standard InChI is InChI=1S/C18H26ClN3O.ClH/c19-17-7-4-8-18(20-17)22-13-11-21(12-14-22)10-9-16(23)15-5-2-1-3-6-15;/h4,7-8,15H,1-3,5-6,9-14H2;1H. The van der Waals surface area contributed by atoms with Gasteiger partial charge in [0.2, 0.25) is 0 Å². The van der Waals surface area contributed by atoms with E-state index in [1.54, 1.807) is 4.90 Å². The van der Waals surface area contributed by atoms with Crippen LogP contribution in [0.25, 0.3) is 0 Å². The van der Waals surface area contributed by atoms with E-state index in [4.69, 9.17) is 11.6 Å². The number of nitrogens with zero attached hydrogens (tertiary/aromatic N) is 2. The first-order valence-corrected chi connectivity index (χ1v) is 9.34. The highest BCUT2D eigenvalue weighted by Crippen LogP contribution is 2.24. The third-order valence-electron chi connectivity index (χ3n) is 5.28. The van der Waals surface area contributed by atoms with Gasteiger partial charge in [0.25, 0.3) is 0 Å². The molecule has 1 aliphatic carbocycles. The number of carbonyl (C=O) groups excluding carboxylic acids is 1. The van der Waals surface area contributed by atoms with Crippen molar-refractivity contribution < 1.29 is 22.1 Å². The fourth-order valence-electron chi connectivity index (χ4n) is 3.80. The average molecular weight is 372 g/mol. The van der Waals surface area contributed by atoms with Crippen molar-refractivity contribution >= 4 is 23.2 Å². The second-order valence-electron chi connectivity index (χ2n) is 6.86. The molecule has 1 aromatic heterocycles. The number of anilines is 1. The number of ketones is 1. The third kappa shape index (κ3) is 5.33. The minimum atomic E-state index is 0. The van der Waals surface area contributed by atoms with Crippen LogP contribution in [0.15, 0.2) is 18.2 Å². The maximum absolute atomic E-state index is 12.3. The topological polar surface area (TPSA) is 37.6 Å². The van der Waals surface area contributed by atoms with E-state index in [1.165, 1.54) is 19.3 Å². The maximum Gasteiger partial charge on any atom is 0.141 e. The Balaban J connectivity index is 0.00000208. The Morgan fingerprint density at radius 3 is 2.58 bits per heavy atom. The van der Waals surface area contributed by atoms with Gasteiger partial charge in [-0.3, -0.25) is 4.79 Å². The highest BCUT2D eigenvalue weighted by molar-refractivity contribution is 6.29. The van der Waals surface area contributed by atoms with Crippen molar-refractivity contribution in [2.45, 2.75) is 38.5 Å². The molecule has 0 unspecified atom stereocenters. The van der Waals surface area contributed by atoms with Crippen molar-refractivity contribution in [3.8, 4) is 0 Å². The molecule has 0 radical (unpaired) electrons. The van der Waals surface area contributed by atoms with E-state index in [9.17, 15) is 4.79 Å². The zero-order chi connectivity index (χ0) is 16.1. The number of Topliss-reactive ketones (excluding diaryl/α,β-unsaturated/α-hetero) is 1. The minimum Gasteiger partial charge on any atom is -1.00 e. The van der Waals surface area contributed by atoms with Crippen molar-refractivity contribution in [2.24, 2.45) is 5.92 Å². The fraction of sp³-hybridized carbons (Fsp3) is 0.667. The number of rotatable bonds is 5. The van der Waals surface area contributed by atoms with Crippen molar-refractivity contribution in [1.82, 2.24) is 4.98 Å². The molecule has 0 amide bonds. The van der Waals surface area contributed by atoms with Gasteiger partial charge >= 0.3 is 0 Å². The molecule has 2 heterocycles. The van der Waals surface area contributed by atoms with Gasteiger partial charge in [-0.1, -0.05) is 36.9 Å². The third-order valence-corrected chi connectivity index (χ3v) is 5.49. The van der Waals surface area contributed by atoms with E-state index in [-0.39, 0.29) is 12.4 Å². The van der Waals surface area contributed by atoms with Gasteiger partial charge in [0.1, 0.15) is 16.8 Å². The number of hydrogen-bond donors (Lipinski definition) is 1. The van der Waals surface area contributed by atoms with Crippen molar-refractivity contribution in [2.75, 3.05) is 37.6 Å². The van der Waals surface area contributed by atoms with Crippen LogP contribution in [0, 0.1) is 5.92 Å². The van der Waals surface area contributed by atoms with Crippen LogP contribution in [0.1, 0.15) is 38.5 Å². The Morgan fingerprint density at radius 2 is 1.92 bits per heavy atom. The van der Waals surface area contributed by atoms with Gasteiger partial charge < -0.3 is 22.2 Å². The van der Waals surface area contributed by atoms with E-state index >= 15 is 0 Å². The normalized spacial score (nSPS) is 19.8. The van der Waals surface area contributed by atoms with Crippen LogP contribution in [0.4, 0.5) is 5.82 Å². The summed E-state index contributed by atoms with van der Waals surface area (Å²) in [5.74, 6) is 1.84. The first kappa shape index (κ1) is 19.5. The molecule has 0 bridgehead atoms. The highest BCUT2D eigenvalue weighted by atomic mass is 35.5. The lowest BCUT2D eigenvalue weighted by Gasteiger charge is -2.33. The zero-order valence-electron chi connectivity index (χ0n) is 14.1. The molecule has 1 aromatic rings. The van der Waals surface area contributed by atoms with Gasteiger partial charge in [-0.05, 0) is 25.0 Å². The van der Waals surface area contributed by atoms with Gasteiger partial charge in [-0.15, -0.1) is 0 Å². The Labute approximate surface area is 156 Å². The van der Waals surface area contributed by atoms with Crippen molar-refractivity contribution in [1.29, 1.82) is 0 Å². The van der Waals surface area contributed by atoms with Crippen LogP contribution in [0.3, 0.4) is 0 Å². The monoisotopic (exact) mass is 371 g/mol. The van der Waals surface area contributed by atoms with Crippen LogP contribution < -0.4 is 22.2 Å². The number of aromatic nitrogens is 1. The summed E-state index contributed by atoms with van der Waals surface area (Å²) in [6.45, 7) is 5.12. The van der Waals surface area contributed by atoms with Crippen LogP contribution >= 0.6 is 11.6 Å². The maximum atomic E-state index is 12.3. The summed E-state index contributed by atoms with van der Waals surface area (Å²) in [6, 6.07) is 5.78. The Morgan fingerprint density at radius 1 is 1.21 bits per heavy atom. The van der Waals surface area contributed by atoms with E-state index in [2.05, 4.69) is 9.88 Å². The Bertz CT molecular complexity index is 527. The summed E-state index contributed by atoms with van der Waals surface area (Å²) >= 11 is 5.97. The van der Waals surface area contributed by atoms with Gasteiger partial charge in [0, 0.05) is 5.92 Å². The number of piperazine rings is 1. The predicted molar refractivity (Wildman–Crippen MR) is 93.2 cm³/mol. The van der Waals surface area contributed by atoms with Crippen LogP contribution in [0.5, 0.6) is 0 Å². The SMILES string of the molecule is O=C(CC[NH+]1CCN(c2cccc(Cl)n2)CC1)C1CCCCC1.[Cl-]. The molecule has 134 valence electrons. The van der Waals surface area contributed by atoms with E-state index < -0.39 is 0 Å². The van der Waals surface area contributed by atoms with Gasteiger partial charge in [0.05, 0.1) is 39.1 Å². The van der Waals surface area contributed by atoms with E-state index in [0.29, 0.717) is 16.9 Å². The van der Waals surface area contributed by atoms with Gasteiger partial charge in [-0.2, -0.15) is 0 Å². The number of quaternary nitrogens is 1. The lowest BCUT2D eigenvalue weighted by molar-refractivity contribution is -0.900. The average Bonchev–Trinajstić information content (AvgIpc) is 2.61. The summed E-state index contributed by atoms with van der Waals surface area (Å²) in [4.78, 5) is 20.5. The van der Waals surface area contributed by atoms with Crippen molar-refractivity contribution in [3.05, 3.63) is 23.4 Å². The number of halogens is 2. The van der Waals surface area contributed by atoms with Crippen LogP contribution in [-0.4, -0.2) is 43.5 Å². The molecule has 24 heavy (non-hydrogen) atoms. The van der Waals surface area contributed by atoms with Gasteiger partial charge in [-0.25, -0.2) is 4.98 Å². The molecule has 0 spiro atoms. The van der Waals surface area contributed by atoms with E-state index in [0.717, 1.165) is 57.8 Å². The summed E-state index contributed by atoms with van der Waals surface area (Å²) in [5, 5.41) is 0.551. The fourth-order valence-corrected chi connectivity index (χ4v) is 3.96. The molecule has 1 N–H and O–H groups in total. The summed E-state index contributed by atoms with van der Waals surface area (Å²) in [5.41, 5.74) is 0. The first-order chi connectivity index (χ1) is 11.2. The lowest BCUT2D eigenvalue weighted by atomic mass is 9.85. The molecule has 0 atom stereocenters. The molecule has 3 rings (SSSR count). The summed E-state index contributed by atoms with van der Waals surface area (Å²) < 4.78 is 0. The van der Waals surface area contributed by atoms with E-state index in [1.807, 2.05) is 18.2 Å². The number of hydrogen-bond acceptors (Lipinski definition) is 3. The second kappa shape index (κ2) is 9.59. The molecule has 1 aliphatic heterocycles. The highest BCUT2D eigenvalue weighted by Gasteiger charge is 2.25.